The highest BCUT2D eigenvalue weighted by Gasteiger charge is 2.51. The van der Waals surface area contributed by atoms with Gasteiger partial charge in [-0.2, -0.15) is 0 Å². The molecule has 4 heteroatoms. The summed E-state index contributed by atoms with van der Waals surface area (Å²) >= 11 is 0. The predicted molar refractivity (Wildman–Crippen MR) is 235 cm³/mol. The van der Waals surface area contributed by atoms with Crippen LogP contribution in [-0.4, -0.2) is 20.7 Å². The average molecular weight is 728 g/mol. The van der Waals surface area contributed by atoms with Crippen molar-refractivity contribution in [3.63, 3.8) is 0 Å². The normalized spacial score (nSPS) is 16.7. The van der Waals surface area contributed by atoms with Crippen molar-refractivity contribution in [1.29, 1.82) is 0 Å². The number of benzene rings is 6. The first-order valence-electron chi connectivity index (χ1n) is 20.0. The minimum absolute atomic E-state index is 0.145. The lowest BCUT2D eigenvalue weighted by molar-refractivity contribution is 0.648. The van der Waals surface area contributed by atoms with E-state index in [0.717, 1.165) is 35.6 Å². The second-order valence-corrected chi connectivity index (χ2v) is 15.7. The summed E-state index contributed by atoms with van der Waals surface area (Å²) in [4.78, 5) is 5.03. The standard InChI is InChI=1S/C53H35N4/c1-5-15-43-37(11-1)38-12-2-6-16-44(38)53(43)45-17-7-3-13-39(45)41-31-42-50(32-46(41)53)57(49-20-10-30-55-52(42)49)36-27-23-34(24-28-36)33-21-25-35(26-22-33)56-47-18-8-4-14-40(47)51-48(56)19-9-29-54-51/h1-27,30-32,36H,28-29H2/q-1/t36-/m0/s1. The van der Waals surface area contributed by atoms with Crippen molar-refractivity contribution in [2.45, 2.75) is 17.9 Å². The van der Waals surface area contributed by atoms with E-state index < -0.39 is 0 Å². The second-order valence-electron chi connectivity index (χ2n) is 15.7. The number of pyridine rings is 1. The topological polar surface area (TPSA) is 36.9 Å². The number of rotatable bonds is 3. The van der Waals surface area contributed by atoms with Crippen LogP contribution in [0.3, 0.4) is 0 Å². The molecule has 9 aromatic rings. The highest BCUT2D eigenvalue weighted by atomic mass is 15.0. The fourth-order valence-electron chi connectivity index (χ4n) is 10.8. The summed E-state index contributed by atoms with van der Waals surface area (Å²) in [5.41, 5.74) is 20.8. The summed E-state index contributed by atoms with van der Waals surface area (Å²) in [5, 5.41) is 7.26. The largest absolute Gasteiger partial charge is 0.679 e. The molecule has 0 saturated carbocycles. The van der Waals surface area contributed by atoms with Crippen molar-refractivity contribution in [2.24, 2.45) is 0 Å². The summed E-state index contributed by atoms with van der Waals surface area (Å²) in [6, 6.07) is 54.2. The van der Waals surface area contributed by atoms with Gasteiger partial charge in [0.15, 0.2) is 0 Å². The maximum absolute atomic E-state index is 5.03. The van der Waals surface area contributed by atoms with Gasteiger partial charge in [-0.1, -0.05) is 121 Å². The molecule has 13 rings (SSSR count). The molecular formula is C53H35N4-. The fourth-order valence-corrected chi connectivity index (χ4v) is 10.8. The Morgan fingerprint density at radius 1 is 0.596 bits per heavy atom. The maximum Gasteiger partial charge on any atom is 0.0960 e. The summed E-state index contributed by atoms with van der Waals surface area (Å²) in [7, 11) is 0. The first-order valence-corrected chi connectivity index (χ1v) is 20.0. The van der Waals surface area contributed by atoms with Crippen LogP contribution in [0.15, 0.2) is 176 Å². The van der Waals surface area contributed by atoms with E-state index in [-0.39, 0.29) is 11.5 Å². The number of aromatic nitrogens is 3. The Labute approximate surface area is 330 Å². The van der Waals surface area contributed by atoms with E-state index in [1.807, 2.05) is 6.20 Å². The van der Waals surface area contributed by atoms with E-state index in [1.54, 1.807) is 0 Å². The fraction of sp³-hybridized carbons (Fsp3) is 0.0755. The third-order valence-corrected chi connectivity index (χ3v) is 13.1. The number of hydrogen-bond acceptors (Lipinski definition) is 1. The molecule has 4 heterocycles. The minimum Gasteiger partial charge on any atom is -0.679 e. The van der Waals surface area contributed by atoms with Gasteiger partial charge in [0, 0.05) is 23.0 Å². The molecule has 0 saturated heterocycles. The summed E-state index contributed by atoms with van der Waals surface area (Å²) in [6.45, 7) is 0.729. The molecule has 0 fully saturated rings. The predicted octanol–water partition coefficient (Wildman–Crippen LogP) is 13.1. The van der Waals surface area contributed by atoms with Crippen LogP contribution in [0.1, 0.15) is 46.0 Å². The molecule has 0 unspecified atom stereocenters. The Morgan fingerprint density at radius 3 is 2.02 bits per heavy atom. The molecule has 1 aliphatic heterocycles. The van der Waals surface area contributed by atoms with Gasteiger partial charge in [-0.15, -0.1) is 18.3 Å². The summed E-state index contributed by atoms with van der Waals surface area (Å²) in [6.07, 6.45) is 14.3. The number of nitrogens with zero attached hydrogens (tertiary/aromatic N) is 4. The van der Waals surface area contributed by atoms with Gasteiger partial charge < -0.3 is 14.5 Å². The SMILES string of the molecule is C1=Cc2c(c3ccccc3n2-c2ccc(C3=CC[C@@H](n4c5cc6c(cc5c5ncccc54)-c4ccccc4C64c5ccccc5-c5ccccc54)C=C3)cc2)[N-]C1. The zero-order chi connectivity index (χ0) is 37.2. The van der Waals surface area contributed by atoms with E-state index in [0.29, 0.717) is 0 Å². The van der Waals surface area contributed by atoms with Gasteiger partial charge >= 0.3 is 0 Å². The molecule has 4 nitrogen and oxygen atoms in total. The molecular weight excluding hydrogens is 693 g/mol. The van der Waals surface area contributed by atoms with Gasteiger partial charge in [-0.3, -0.25) is 4.98 Å². The molecule has 57 heavy (non-hydrogen) atoms. The van der Waals surface area contributed by atoms with Crippen LogP contribution in [0.25, 0.3) is 77.7 Å². The van der Waals surface area contributed by atoms with E-state index in [4.69, 9.17) is 10.3 Å². The molecule has 0 radical (unpaired) electrons. The highest BCUT2D eigenvalue weighted by Crippen LogP contribution is 2.63. The van der Waals surface area contributed by atoms with Crippen molar-refractivity contribution in [3.8, 4) is 27.9 Å². The zero-order valence-electron chi connectivity index (χ0n) is 31.1. The first kappa shape index (κ1) is 31.1. The smallest absolute Gasteiger partial charge is 0.0960 e. The first-order chi connectivity index (χ1) is 28.3. The quantitative estimate of drug-likeness (QED) is 0.178. The molecule has 6 aromatic carbocycles. The van der Waals surface area contributed by atoms with E-state index in [1.165, 1.54) is 83.0 Å². The van der Waals surface area contributed by atoms with Crippen molar-refractivity contribution >= 4 is 50.2 Å². The summed E-state index contributed by atoms with van der Waals surface area (Å²) < 4.78 is 4.89. The van der Waals surface area contributed by atoms with E-state index in [2.05, 4.69) is 185 Å². The Kier molecular flexibility index (Phi) is 6.24. The molecule has 3 aromatic heterocycles. The number of fused-ring (bicyclic) bond motifs is 16. The Balaban J connectivity index is 0.928. The van der Waals surface area contributed by atoms with Gasteiger partial charge in [0.1, 0.15) is 0 Å². The summed E-state index contributed by atoms with van der Waals surface area (Å²) in [5.74, 6) is 0. The van der Waals surface area contributed by atoms with E-state index >= 15 is 0 Å². The minimum atomic E-state index is -0.388. The number of para-hydroxylation sites is 1. The average Bonchev–Trinajstić information content (AvgIpc) is 3.98. The third kappa shape index (κ3) is 4.04. The van der Waals surface area contributed by atoms with Crippen LogP contribution in [-0.2, 0) is 5.41 Å². The van der Waals surface area contributed by atoms with Crippen LogP contribution in [0.5, 0.6) is 0 Å². The monoisotopic (exact) mass is 727 g/mol. The van der Waals surface area contributed by atoms with Crippen molar-refractivity contribution in [1.82, 2.24) is 14.1 Å². The maximum atomic E-state index is 5.03. The third-order valence-electron chi connectivity index (χ3n) is 13.1. The molecule has 1 atom stereocenters. The Hall–Kier alpha value is -7.17. The van der Waals surface area contributed by atoms with Crippen LogP contribution >= 0.6 is 0 Å². The lowest BCUT2D eigenvalue weighted by Crippen LogP contribution is -2.25. The van der Waals surface area contributed by atoms with Gasteiger partial charge in [0.2, 0.25) is 0 Å². The number of allylic oxidation sites excluding steroid dienone is 4. The van der Waals surface area contributed by atoms with Crippen molar-refractivity contribution < 1.29 is 0 Å². The molecule has 1 spiro atoms. The molecule has 0 amide bonds. The van der Waals surface area contributed by atoms with Crippen LogP contribution in [0.2, 0.25) is 0 Å². The van der Waals surface area contributed by atoms with Gasteiger partial charge in [-0.05, 0) is 116 Å². The molecule has 0 bridgehead atoms. The lowest BCUT2D eigenvalue weighted by Gasteiger charge is -2.30. The van der Waals surface area contributed by atoms with E-state index in [9.17, 15) is 0 Å². The Bertz CT molecular complexity index is 3230. The van der Waals surface area contributed by atoms with Crippen LogP contribution < -0.4 is 0 Å². The van der Waals surface area contributed by atoms with Crippen LogP contribution in [0.4, 0.5) is 5.69 Å². The molecule has 268 valence electrons. The van der Waals surface area contributed by atoms with Gasteiger partial charge in [0.05, 0.1) is 33.5 Å². The number of hydrogen-bond donors (Lipinski definition) is 0. The van der Waals surface area contributed by atoms with Crippen molar-refractivity contribution in [2.75, 3.05) is 6.54 Å². The van der Waals surface area contributed by atoms with Crippen LogP contribution in [0, 0.1) is 0 Å². The Morgan fingerprint density at radius 2 is 1.28 bits per heavy atom. The zero-order valence-corrected chi connectivity index (χ0v) is 31.1. The molecule has 3 aliphatic carbocycles. The molecule has 0 N–H and O–H groups in total. The molecule has 4 aliphatic rings. The second kappa shape index (κ2) is 11.4. The van der Waals surface area contributed by atoms with Gasteiger partial charge in [0.25, 0.3) is 0 Å². The van der Waals surface area contributed by atoms with Crippen molar-refractivity contribution in [3.05, 3.63) is 215 Å². The lowest BCUT2D eigenvalue weighted by atomic mass is 9.70. The highest BCUT2D eigenvalue weighted by molar-refractivity contribution is 6.10. The van der Waals surface area contributed by atoms with Gasteiger partial charge in [-0.25, -0.2) is 0 Å².